The van der Waals surface area contributed by atoms with E-state index in [1.54, 1.807) is 7.11 Å². The predicted octanol–water partition coefficient (Wildman–Crippen LogP) is 2.30. The van der Waals surface area contributed by atoms with E-state index in [4.69, 9.17) is 10.5 Å². The van der Waals surface area contributed by atoms with Crippen LogP contribution in [0.4, 0.5) is 0 Å². The van der Waals surface area contributed by atoms with Crippen LogP contribution in [-0.2, 0) is 6.42 Å². The Labute approximate surface area is 116 Å². The Morgan fingerprint density at radius 2 is 2.05 bits per heavy atom. The molecule has 1 saturated heterocycles. The Hall–Kier alpha value is -1.06. The SMILES string of the molecule is CCC1CN(CCc2ccc(OC)cc2)CCC1N. The molecule has 1 aliphatic rings. The van der Waals surface area contributed by atoms with Gasteiger partial charge < -0.3 is 15.4 Å². The normalized spacial score (nSPS) is 24.4. The van der Waals surface area contributed by atoms with Crippen molar-refractivity contribution in [2.24, 2.45) is 11.7 Å². The van der Waals surface area contributed by atoms with Gasteiger partial charge in [0, 0.05) is 19.1 Å². The molecule has 1 aromatic carbocycles. The summed E-state index contributed by atoms with van der Waals surface area (Å²) in [6.45, 7) is 5.69. The molecule has 1 fully saturated rings. The molecule has 2 unspecified atom stereocenters. The van der Waals surface area contributed by atoms with Gasteiger partial charge in [0.05, 0.1) is 7.11 Å². The Morgan fingerprint density at radius 3 is 2.68 bits per heavy atom. The molecule has 0 aromatic heterocycles. The molecule has 0 saturated carbocycles. The first kappa shape index (κ1) is 14.4. The number of ether oxygens (including phenoxy) is 1. The molecular formula is C16H26N2O. The van der Waals surface area contributed by atoms with Crippen LogP contribution < -0.4 is 10.5 Å². The highest BCUT2D eigenvalue weighted by atomic mass is 16.5. The van der Waals surface area contributed by atoms with Gasteiger partial charge in [-0.15, -0.1) is 0 Å². The second-order valence-electron chi connectivity index (χ2n) is 5.52. The van der Waals surface area contributed by atoms with Crippen molar-refractivity contribution in [2.75, 3.05) is 26.7 Å². The summed E-state index contributed by atoms with van der Waals surface area (Å²) in [5.74, 6) is 1.60. The molecule has 3 heteroatoms. The number of nitrogens with zero attached hydrogens (tertiary/aromatic N) is 1. The zero-order valence-electron chi connectivity index (χ0n) is 12.1. The van der Waals surface area contributed by atoms with Crippen molar-refractivity contribution in [2.45, 2.75) is 32.2 Å². The van der Waals surface area contributed by atoms with Crippen molar-refractivity contribution in [3.8, 4) is 5.75 Å². The van der Waals surface area contributed by atoms with E-state index in [0.717, 1.165) is 38.2 Å². The van der Waals surface area contributed by atoms with Crippen LogP contribution in [0.3, 0.4) is 0 Å². The van der Waals surface area contributed by atoms with Crippen LogP contribution in [0.1, 0.15) is 25.3 Å². The van der Waals surface area contributed by atoms with Gasteiger partial charge in [-0.05, 0) is 43.0 Å². The third kappa shape index (κ3) is 3.95. The second kappa shape index (κ2) is 6.92. The maximum Gasteiger partial charge on any atom is 0.118 e. The standard InChI is InChI=1S/C16H26N2O/c1-3-14-12-18(11-9-16(14)17)10-8-13-4-6-15(19-2)7-5-13/h4-7,14,16H,3,8-12,17H2,1-2H3. The highest BCUT2D eigenvalue weighted by Gasteiger charge is 2.24. The lowest BCUT2D eigenvalue weighted by Gasteiger charge is -2.36. The largest absolute Gasteiger partial charge is 0.497 e. The van der Waals surface area contributed by atoms with Crippen molar-refractivity contribution in [1.29, 1.82) is 0 Å². The van der Waals surface area contributed by atoms with Crippen molar-refractivity contribution in [3.05, 3.63) is 29.8 Å². The molecule has 0 spiro atoms. The summed E-state index contributed by atoms with van der Waals surface area (Å²) in [6.07, 6.45) is 3.44. The first-order valence-corrected chi connectivity index (χ1v) is 7.33. The molecule has 1 aliphatic heterocycles. The molecule has 0 radical (unpaired) electrons. The third-order valence-corrected chi connectivity index (χ3v) is 4.28. The Balaban J connectivity index is 1.81. The number of methoxy groups -OCH3 is 1. The summed E-state index contributed by atoms with van der Waals surface area (Å²) in [7, 11) is 1.71. The number of hydrogen-bond acceptors (Lipinski definition) is 3. The quantitative estimate of drug-likeness (QED) is 0.885. The van der Waals surface area contributed by atoms with E-state index in [1.165, 1.54) is 12.0 Å². The van der Waals surface area contributed by atoms with E-state index < -0.39 is 0 Å². The van der Waals surface area contributed by atoms with Crippen molar-refractivity contribution < 1.29 is 4.74 Å². The molecular weight excluding hydrogens is 236 g/mol. The van der Waals surface area contributed by atoms with Crippen molar-refractivity contribution in [3.63, 3.8) is 0 Å². The Kier molecular flexibility index (Phi) is 5.23. The van der Waals surface area contributed by atoms with Gasteiger partial charge in [-0.1, -0.05) is 25.5 Å². The highest BCUT2D eigenvalue weighted by Crippen LogP contribution is 2.19. The molecule has 2 atom stereocenters. The maximum atomic E-state index is 6.15. The van der Waals surface area contributed by atoms with Crippen LogP contribution in [0.15, 0.2) is 24.3 Å². The van der Waals surface area contributed by atoms with E-state index in [2.05, 4.69) is 24.0 Å². The number of piperidine rings is 1. The van der Waals surface area contributed by atoms with Gasteiger partial charge in [-0.25, -0.2) is 0 Å². The van der Waals surface area contributed by atoms with Crippen molar-refractivity contribution in [1.82, 2.24) is 4.90 Å². The Morgan fingerprint density at radius 1 is 1.32 bits per heavy atom. The van der Waals surface area contributed by atoms with Crippen LogP contribution in [0.25, 0.3) is 0 Å². The number of likely N-dealkylation sites (tertiary alicyclic amines) is 1. The fraction of sp³-hybridized carbons (Fsp3) is 0.625. The fourth-order valence-electron chi connectivity index (χ4n) is 2.84. The van der Waals surface area contributed by atoms with E-state index >= 15 is 0 Å². The summed E-state index contributed by atoms with van der Waals surface area (Å²) in [4.78, 5) is 2.56. The van der Waals surface area contributed by atoms with E-state index in [-0.39, 0.29) is 0 Å². The van der Waals surface area contributed by atoms with Crippen LogP contribution >= 0.6 is 0 Å². The van der Waals surface area contributed by atoms with Crippen molar-refractivity contribution >= 4 is 0 Å². The van der Waals surface area contributed by atoms with Gasteiger partial charge in [0.2, 0.25) is 0 Å². The lowest BCUT2D eigenvalue weighted by molar-refractivity contribution is 0.153. The molecule has 0 amide bonds. The third-order valence-electron chi connectivity index (χ3n) is 4.28. The molecule has 1 aromatic rings. The summed E-state index contributed by atoms with van der Waals surface area (Å²) in [6, 6.07) is 8.80. The summed E-state index contributed by atoms with van der Waals surface area (Å²) in [5.41, 5.74) is 7.53. The fourth-order valence-corrected chi connectivity index (χ4v) is 2.84. The van der Waals surface area contributed by atoms with E-state index in [0.29, 0.717) is 12.0 Å². The van der Waals surface area contributed by atoms with Crippen LogP contribution in [0, 0.1) is 5.92 Å². The molecule has 19 heavy (non-hydrogen) atoms. The first-order valence-electron chi connectivity index (χ1n) is 7.33. The van der Waals surface area contributed by atoms with Gasteiger partial charge >= 0.3 is 0 Å². The van der Waals surface area contributed by atoms with E-state index in [1.807, 2.05) is 12.1 Å². The molecule has 2 rings (SSSR count). The number of benzene rings is 1. The molecule has 3 nitrogen and oxygen atoms in total. The van der Waals surface area contributed by atoms with Gasteiger partial charge in [0.1, 0.15) is 5.75 Å². The number of hydrogen-bond donors (Lipinski definition) is 1. The van der Waals surface area contributed by atoms with Gasteiger partial charge in [-0.3, -0.25) is 0 Å². The summed E-state index contributed by atoms with van der Waals surface area (Å²) in [5, 5.41) is 0. The summed E-state index contributed by atoms with van der Waals surface area (Å²) < 4.78 is 5.18. The monoisotopic (exact) mass is 262 g/mol. The Bertz CT molecular complexity index is 377. The lowest BCUT2D eigenvalue weighted by atomic mass is 9.90. The molecule has 0 aliphatic carbocycles. The minimum absolute atomic E-state index is 0.405. The van der Waals surface area contributed by atoms with Crippen LogP contribution in [-0.4, -0.2) is 37.7 Å². The second-order valence-corrected chi connectivity index (χ2v) is 5.52. The minimum atomic E-state index is 0.405. The van der Waals surface area contributed by atoms with Gasteiger partial charge in [-0.2, -0.15) is 0 Å². The molecule has 106 valence electrons. The lowest BCUT2D eigenvalue weighted by Crippen LogP contribution is -2.47. The van der Waals surface area contributed by atoms with Gasteiger partial charge in [0.25, 0.3) is 0 Å². The summed E-state index contributed by atoms with van der Waals surface area (Å²) >= 11 is 0. The number of rotatable bonds is 5. The maximum absolute atomic E-state index is 6.15. The molecule has 1 heterocycles. The average Bonchev–Trinajstić information content (AvgIpc) is 2.47. The topological polar surface area (TPSA) is 38.5 Å². The average molecular weight is 262 g/mol. The molecule has 0 bridgehead atoms. The van der Waals surface area contributed by atoms with Gasteiger partial charge in [0.15, 0.2) is 0 Å². The zero-order chi connectivity index (χ0) is 13.7. The highest BCUT2D eigenvalue weighted by molar-refractivity contribution is 5.27. The minimum Gasteiger partial charge on any atom is -0.497 e. The number of nitrogens with two attached hydrogens (primary N) is 1. The first-order chi connectivity index (χ1) is 9.22. The smallest absolute Gasteiger partial charge is 0.118 e. The van der Waals surface area contributed by atoms with E-state index in [9.17, 15) is 0 Å². The predicted molar refractivity (Wildman–Crippen MR) is 79.5 cm³/mol. The molecule has 2 N–H and O–H groups in total. The van der Waals surface area contributed by atoms with Crippen LogP contribution in [0.5, 0.6) is 5.75 Å². The van der Waals surface area contributed by atoms with Crippen LogP contribution in [0.2, 0.25) is 0 Å². The zero-order valence-corrected chi connectivity index (χ0v) is 12.1.